The van der Waals surface area contributed by atoms with Gasteiger partial charge in [0, 0.05) is 11.6 Å². The van der Waals surface area contributed by atoms with Crippen molar-refractivity contribution in [1.82, 2.24) is 19.9 Å². The standard InChI is InChI=1S/C16H18ClN5O2/c1-10-14(16(24)21-8-3-2-7-13(21)15(18)23)19-20-22(10)12-6-4-5-11(17)9-12/h4-6,9,13H,2-3,7-8H2,1H3,(H2,18,23). The van der Waals surface area contributed by atoms with Crippen LogP contribution >= 0.6 is 11.6 Å². The number of likely N-dealkylation sites (tertiary alicyclic amines) is 1. The van der Waals surface area contributed by atoms with Gasteiger partial charge in [-0.25, -0.2) is 4.68 Å². The second-order valence-corrected chi connectivity index (χ2v) is 6.26. The monoisotopic (exact) mass is 347 g/mol. The number of nitrogens with two attached hydrogens (primary N) is 1. The highest BCUT2D eigenvalue weighted by Crippen LogP contribution is 2.22. The first-order valence-corrected chi connectivity index (χ1v) is 8.15. The maximum absolute atomic E-state index is 12.8. The summed E-state index contributed by atoms with van der Waals surface area (Å²) in [5.74, 6) is -0.799. The van der Waals surface area contributed by atoms with Gasteiger partial charge >= 0.3 is 0 Å². The third-order valence-electron chi connectivity index (χ3n) is 4.24. The lowest BCUT2D eigenvalue weighted by molar-refractivity contribution is -0.123. The molecule has 1 unspecified atom stereocenters. The van der Waals surface area contributed by atoms with Gasteiger partial charge in [0.25, 0.3) is 5.91 Å². The van der Waals surface area contributed by atoms with Crippen LogP contribution in [0, 0.1) is 6.92 Å². The molecule has 0 saturated carbocycles. The van der Waals surface area contributed by atoms with E-state index in [1.807, 2.05) is 6.07 Å². The van der Waals surface area contributed by atoms with Gasteiger partial charge in [-0.3, -0.25) is 9.59 Å². The summed E-state index contributed by atoms with van der Waals surface area (Å²) in [5.41, 5.74) is 6.97. The lowest BCUT2D eigenvalue weighted by Gasteiger charge is -2.33. The number of benzene rings is 1. The highest BCUT2D eigenvalue weighted by Gasteiger charge is 2.33. The van der Waals surface area contributed by atoms with Crippen molar-refractivity contribution in [3.63, 3.8) is 0 Å². The van der Waals surface area contributed by atoms with Crippen molar-refractivity contribution in [2.45, 2.75) is 32.2 Å². The Bertz CT molecular complexity index is 789. The van der Waals surface area contributed by atoms with Gasteiger partial charge in [0.05, 0.1) is 11.4 Å². The molecule has 1 aromatic heterocycles. The number of aromatic nitrogens is 3. The summed E-state index contributed by atoms with van der Waals surface area (Å²) in [7, 11) is 0. The minimum atomic E-state index is -0.582. The van der Waals surface area contributed by atoms with Crippen LogP contribution in [-0.2, 0) is 4.79 Å². The van der Waals surface area contributed by atoms with Gasteiger partial charge < -0.3 is 10.6 Å². The maximum atomic E-state index is 12.8. The van der Waals surface area contributed by atoms with Crippen LogP contribution in [0.2, 0.25) is 5.02 Å². The number of amides is 2. The summed E-state index contributed by atoms with van der Waals surface area (Å²) in [5, 5.41) is 8.64. The molecule has 1 aliphatic rings. The van der Waals surface area contributed by atoms with E-state index in [-0.39, 0.29) is 11.6 Å². The third kappa shape index (κ3) is 2.99. The van der Waals surface area contributed by atoms with Crippen molar-refractivity contribution in [2.75, 3.05) is 6.54 Å². The van der Waals surface area contributed by atoms with E-state index < -0.39 is 11.9 Å². The first-order chi connectivity index (χ1) is 11.5. The summed E-state index contributed by atoms with van der Waals surface area (Å²) in [6, 6.07) is 6.55. The zero-order chi connectivity index (χ0) is 17.3. The molecular formula is C16H18ClN5O2. The van der Waals surface area contributed by atoms with Gasteiger partial charge in [-0.15, -0.1) is 5.10 Å². The highest BCUT2D eigenvalue weighted by atomic mass is 35.5. The van der Waals surface area contributed by atoms with E-state index in [0.29, 0.717) is 23.7 Å². The Hall–Kier alpha value is -2.41. The second-order valence-electron chi connectivity index (χ2n) is 5.83. The van der Waals surface area contributed by atoms with Crippen LogP contribution in [0.1, 0.15) is 35.4 Å². The van der Waals surface area contributed by atoms with Crippen molar-refractivity contribution in [1.29, 1.82) is 0 Å². The van der Waals surface area contributed by atoms with Crippen LogP contribution in [0.15, 0.2) is 24.3 Å². The molecule has 0 spiro atoms. The van der Waals surface area contributed by atoms with E-state index in [1.54, 1.807) is 29.8 Å². The minimum Gasteiger partial charge on any atom is -0.368 e. The molecule has 0 bridgehead atoms. The average molecular weight is 348 g/mol. The maximum Gasteiger partial charge on any atom is 0.277 e. The minimum absolute atomic E-state index is 0.225. The number of carbonyl (C=O) groups is 2. The van der Waals surface area contributed by atoms with Crippen molar-refractivity contribution < 1.29 is 9.59 Å². The Morgan fingerprint density at radius 3 is 2.83 bits per heavy atom. The van der Waals surface area contributed by atoms with Crippen molar-refractivity contribution >= 4 is 23.4 Å². The smallest absolute Gasteiger partial charge is 0.277 e. The van der Waals surface area contributed by atoms with E-state index in [0.717, 1.165) is 18.5 Å². The summed E-state index contributed by atoms with van der Waals surface area (Å²) >= 11 is 6.00. The predicted molar refractivity (Wildman–Crippen MR) is 89.0 cm³/mol. The molecule has 24 heavy (non-hydrogen) atoms. The summed E-state index contributed by atoms with van der Waals surface area (Å²) in [6.07, 6.45) is 2.31. The van der Waals surface area contributed by atoms with Gasteiger partial charge in [0.2, 0.25) is 5.91 Å². The fourth-order valence-corrected chi connectivity index (χ4v) is 3.17. The van der Waals surface area contributed by atoms with Crippen LogP contribution in [-0.4, -0.2) is 44.3 Å². The number of halogens is 1. The third-order valence-corrected chi connectivity index (χ3v) is 4.48. The molecule has 1 saturated heterocycles. The lowest BCUT2D eigenvalue weighted by atomic mass is 10.0. The van der Waals surface area contributed by atoms with Gasteiger partial charge in [-0.05, 0) is 44.4 Å². The number of nitrogens with zero attached hydrogens (tertiary/aromatic N) is 4. The molecule has 8 heteroatoms. The number of carbonyl (C=O) groups excluding carboxylic acids is 2. The fourth-order valence-electron chi connectivity index (χ4n) is 2.99. The first kappa shape index (κ1) is 16.4. The van der Waals surface area contributed by atoms with E-state index in [4.69, 9.17) is 17.3 Å². The lowest BCUT2D eigenvalue weighted by Crippen LogP contribution is -2.50. The molecule has 3 rings (SSSR count). The predicted octanol–water partition coefficient (Wildman–Crippen LogP) is 1.71. The normalized spacial score (nSPS) is 17.8. The largest absolute Gasteiger partial charge is 0.368 e. The molecule has 1 aromatic carbocycles. The molecule has 2 N–H and O–H groups in total. The Balaban J connectivity index is 1.92. The number of hydrogen-bond donors (Lipinski definition) is 1. The van der Waals surface area contributed by atoms with Crippen molar-refractivity contribution in [3.8, 4) is 5.69 Å². The molecule has 2 heterocycles. The van der Waals surface area contributed by atoms with Gasteiger partial charge in [-0.1, -0.05) is 22.9 Å². The Kier molecular flexibility index (Phi) is 4.53. The number of piperidine rings is 1. The molecule has 1 aliphatic heterocycles. The Morgan fingerprint density at radius 2 is 2.12 bits per heavy atom. The second kappa shape index (κ2) is 6.60. The quantitative estimate of drug-likeness (QED) is 0.914. The Labute approximate surface area is 144 Å². The van der Waals surface area contributed by atoms with Crippen molar-refractivity contribution in [2.24, 2.45) is 5.73 Å². The van der Waals surface area contributed by atoms with Gasteiger partial charge in [0.1, 0.15) is 6.04 Å². The topological polar surface area (TPSA) is 94.1 Å². The SMILES string of the molecule is Cc1c(C(=O)N2CCCCC2C(N)=O)nnn1-c1cccc(Cl)c1. The summed E-state index contributed by atoms with van der Waals surface area (Å²) in [6.45, 7) is 2.26. The number of rotatable bonds is 3. The highest BCUT2D eigenvalue weighted by molar-refractivity contribution is 6.30. The van der Waals surface area contributed by atoms with E-state index >= 15 is 0 Å². The van der Waals surface area contributed by atoms with Crippen LogP contribution in [0.3, 0.4) is 0 Å². The van der Waals surface area contributed by atoms with E-state index in [2.05, 4.69) is 10.3 Å². The molecule has 126 valence electrons. The van der Waals surface area contributed by atoms with Gasteiger partial charge in [0.15, 0.2) is 5.69 Å². The van der Waals surface area contributed by atoms with E-state index in [1.165, 1.54) is 4.90 Å². The van der Waals surface area contributed by atoms with E-state index in [9.17, 15) is 9.59 Å². The molecule has 1 fully saturated rings. The van der Waals surface area contributed by atoms with Crippen molar-refractivity contribution in [3.05, 3.63) is 40.7 Å². The molecular weight excluding hydrogens is 330 g/mol. The Morgan fingerprint density at radius 1 is 1.33 bits per heavy atom. The molecule has 2 amide bonds. The molecule has 7 nitrogen and oxygen atoms in total. The first-order valence-electron chi connectivity index (χ1n) is 7.77. The molecule has 2 aromatic rings. The van der Waals surface area contributed by atoms with Gasteiger partial charge in [-0.2, -0.15) is 0 Å². The average Bonchev–Trinajstić information content (AvgIpc) is 2.95. The number of hydrogen-bond acceptors (Lipinski definition) is 4. The van der Waals surface area contributed by atoms with Crippen LogP contribution in [0.5, 0.6) is 0 Å². The van der Waals surface area contributed by atoms with Crippen LogP contribution in [0.4, 0.5) is 0 Å². The van der Waals surface area contributed by atoms with Crippen LogP contribution in [0.25, 0.3) is 5.69 Å². The fraction of sp³-hybridized carbons (Fsp3) is 0.375. The zero-order valence-electron chi connectivity index (χ0n) is 13.3. The van der Waals surface area contributed by atoms with Crippen LogP contribution < -0.4 is 5.73 Å². The molecule has 1 atom stereocenters. The summed E-state index contributed by atoms with van der Waals surface area (Å²) in [4.78, 5) is 26.0. The molecule has 0 aliphatic carbocycles. The summed E-state index contributed by atoms with van der Waals surface area (Å²) < 4.78 is 1.56. The zero-order valence-corrected chi connectivity index (χ0v) is 14.0. The number of primary amides is 1. The molecule has 0 radical (unpaired) electrons.